The third kappa shape index (κ3) is 7.12. The van der Waals surface area contributed by atoms with Gasteiger partial charge in [0.15, 0.2) is 0 Å². The van der Waals surface area contributed by atoms with Gasteiger partial charge in [-0.05, 0) is 59.9 Å². The number of carbonyl (C=O) groups excluding carboxylic acids is 1. The molecule has 0 aromatic heterocycles. The molecule has 0 radical (unpaired) electrons. The smallest absolute Gasteiger partial charge is 0.349 e. The summed E-state index contributed by atoms with van der Waals surface area (Å²) in [6, 6.07) is 13.7. The van der Waals surface area contributed by atoms with Crippen molar-refractivity contribution in [3.63, 3.8) is 0 Å². The van der Waals surface area contributed by atoms with Gasteiger partial charge < -0.3 is 9.84 Å². The van der Waals surface area contributed by atoms with Crippen molar-refractivity contribution in [3.8, 4) is 0 Å². The fraction of sp³-hybridized carbons (Fsp3) is 0.483. The van der Waals surface area contributed by atoms with E-state index in [2.05, 4.69) is 9.44 Å². The molecule has 3 rings (SSSR count). The molecule has 0 bridgehead atoms. The summed E-state index contributed by atoms with van der Waals surface area (Å²) >= 11 is 1.17. The highest BCUT2D eigenvalue weighted by atomic mass is 32.2. The number of cyclic esters (lactones) is 1. The van der Waals surface area contributed by atoms with Crippen molar-refractivity contribution in [1.82, 2.24) is 4.72 Å². The number of aryl methyl sites for hydroxylation is 2. The van der Waals surface area contributed by atoms with Gasteiger partial charge in [0.25, 0.3) is 10.2 Å². The third-order valence-corrected chi connectivity index (χ3v) is 9.19. The first-order valence-corrected chi connectivity index (χ1v) is 15.3. The summed E-state index contributed by atoms with van der Waals surface area (Å²) in [5.41, 5.74) is 2.01. The topological polar surface area (TPSA) is 105 Å². The molecule has 0 aliphatic carbocycles. The summed E-state index contributed by atoms with van der Waals surface area (Å²) in [4.78, 5) is 14.3. The van der Waals surface area contributed by atoms with Crippen LogP contribution in [0.1, 0.15) is 71.1 Å². The minimum Gasteiger partial charge on any atom is -0.511 e. The average molecular weight is 561 g/mol. The van der Waals surface area contributed by atoms with Crippen molar-refractivity contribution in [2.75, 3.05) is 11.3 Å². The largest absolute Gasteiger partial charge is 0.511 e. The molecule has 9 heteroatoms. The Balaban J connectivity index is 1.94. The fourth-order valence-electron chi connectivity index (χ4n) is 4.54. The van der Waals surface area contributed by atoms with Crippen LogP contribution in [0.15, 0.2) is 58.0 Å². The van der Waals surface area contributed by atoms with E-state index >= 15 is 0 Å². The summed E-state index contributed by atoms with van der Waals surface area (Å²) in [6.07, 6.45) is 1.59. The number of rotatable bonds is 10. The minimum atomic E-state index is -3.70. The van der Waals surface area contributed by atoms with Gasteiger partial charge in [-0.3, -0.25) is 4.72 Å². The molecule has 0 spiro atoms. The van der Waals surface area contributed by atoms with Crippen LogP contribution in [0.3, 0.4) is 0 Å². The number of thioether (sulfide) groups is 1. The zero-order valence-corrected chi connectivity index (χ0v) is 25.0. The Bertz CT molecular complexity index is 1300. The van der Waals surface area contributed by atoms with Crippen LogP contribution in [0.2, 0.25) is 0 Å². The second-order valence-electron chi connectivity index (χ2n) is 11.2. The van der Waals surface area contributed by atoms with Crippen LogP contribution in [0.25, 0.3) is 0 Å². The Morgan fingerprint density at radius 3 is 2.37 bits per heavy atom. The summed E-state index contributed by atoms with van der Waals surface area (Å²) < 4.78 is 35.8. The zero-order valence-electron chi connectivity index (χ0n) is 23.3. The van der Waals surface area contributed by atoms with E-state index in [-0.39, 0.29) is 35.0 Å². The molecule has 1 aliphatic heterocycles. The summed E-state index contributed by atoms with van der Waals surface area (Å²) in [5, 5.41) is 11.2. The van der Waals surface area contributed by atoms with Gasteiger partial charge in [0, 0.05) is 17.9 Å². The van der Waals surface area contributed by atoms with Crippen molar-refractivity contribution in [3.05, 3.63) is 69.8 Å². The maximum Gasteiger partial charge on any atom is 0.349 e. The van der Waals surface area contributed by atoms with Gasteiger partial charge in [0.1, 0.15) is 16.3 Å². The predicted octanol–water partition coefficient (Wildman–Crippen LogP) is 6.39. The van der Waals surface area contributed by atoms with E-state index in [1.54, 1.807) is 19.9 Å². The number of hydrogen-bond donors (Lipinski definition) is 3. The lowest BCUT2D eigenvalue weighted by atomic mass is 9.80. The van der Waals surface area contributed by atoms with E-state index in [9.17, 15) is 18.3 Å². The van der Waals surface area contributed by atoms with Gasteiger partial charge in [0.2, 0.25) is 0 Å². The van der Waals surface area contributed by atoms with Gasteiger partial charge >= 0.3 is 5.97 Å². The number of ether oxygens (including phenoxy) is 1. The molecule has 2 aromatic rings. The van der Waals surface area contributed by atoms with Crippen molar-refractivity contribution < 1.29 is 23.1 Å². The second-order valence-corrected chi connectivity index (χ2v) is 13.7. The second kappa shape index (κ2) is 11.7. The molecule has 0 amide bonds. The SMILES string of the molecule is CCNS(=O)(=O)Nc1cc(C(C)(C)C)c(SC2=C(O)CC(CCc3ccccc3)(C(C)C)OC2=O)cc1C. The van der Waals surface area contributed by atoms with E-state index in [1.165, 1.54) is 11.8 Å². The first-order valence-electron chi connectivity index (χ1n) is 13.0. The fourth-order valence-corrected chi connectivity index (χ4v) is 6.75. The number of anilines is 1. The molecule has 0 saturated heterocycles. The third-order valence-electron chi connectivity index (χ3n) is 6.87. The molecular formula is C29H40N2O5S2. The molecule has 208 valence electrons. The van der Waals surface area contributed by atoms with Crippen LogP contribution in [0.5, 0.6) is 0 Å². The first-order chi connectivity index (χ1) is 17.7. The average Bonchev–Trinajstić information content (AvgIpc) is 2.81. The van der Waals surface area contributed by atoms with Crippen LogP contribution in [-0.4, -0.2) is 31.6 Å². The van der Waals surface area contributed by atoms with Gasteiger partial charge in [-0.25, -0.2) is 4.79 Å². The van der Waals surface area contributed by atoms with Gasteiger partial charge in [-0.2, -0.15) is 13.1 Å². The van der Waals surface area contributed by atoms with Gasteiger partial charge in [0.05, 0.1) is 5.69 Å². The van der Waals surface area contributed by atoms with Crippen molar-refractivity contribution in [1.29, 1.82) is 0 Å². The predicted molar refractivity (Wildman–Crippen MR) is 155 cm³/mol. The van der Waals surface area contributed by atoms with Gasteiger partial charge in [-0.15, -0.1) is 0 Å². The lowest BCUT2D eigenvalue weighted by Gasteiger charge is -2.40. The van der Waals surface area contributed by atoms with Crippen molar-refractivity contribution >= 4 is 33.6 Å². The van der Waals surface area contributed by atoms with Gasteiger partial charge in [-0.1, -0.05) is 83.6 Å². The minimum absolute atomic E-state index is 0.0141. The zero-order chi connectivity index (χ0) is 28.3. The lowest BCUT2D eigenvalue weighted by molar-refractivity contribution is -0.164. The molecule has 1 unspecified atom stereocenters. The summed E-state index contributed by atoms with van der Waals surface area (Å²) in [7, 11) is -3.70. The number of aliphatic hydroxyl groups is 1. The van der Waals surface area contributed by atoms with E-state index in [0.29, 0.717) is 17.7 Å². The standard InChI is InChI=1S/C29H40N2O5S2/c1-8-30-38(34,35)31-23-17-22(28(5,6)7)25(16-20(23)4)37-26-24(32)18-29(19(2)3,36-27(26)33)15-14-21-12-10-9-11-13-21/h9-13,16-17,19,30-32H,8,14-15,18H2,1-7H3. The van der Waals surface area contributed by atoms with Crippen LogP contribution >= 0.6 is 11.8 Å². The summed E-state index contributed by atoms with van der Waals surface area (Å²) in [6.45, 7) is 13.9. The van der Waals surface area contributed by atoms with Crippen LogP contribution in [0.4, 0.5) is 5.69 Å². The highest BCUT2D eigenvalue weighted by Crippen LogP contribution is 2.45. The molecule has 3 N–H and O–H groups in total. The van der Waals surface area contributed by atoms with E-state index in [4.69, 9.17) is 4.74 Å². The monoisotopic (exact) mass is 560 g/mol. The Kier molecular flexibility index (Phi) is 9.27. The maximum absolute atomic E-state index is 13.4. The number of carbonyl (C=O) groups is 1. The Hall–Kier alpha value is -2.49. The highest BCUT2D eigenvalue weighted by Gasteiger charge is 2.44. The molecule has 2 aromatic carbocycles. The molecule has 7 nitrogen and oxygen atoms in total. The molecule has 1 heterocycles. The Labute approximate surface area is 231 Å². The number of hydrogen-bond acceptors (Lipinski definition) is 6. The first kappa shape index (κ1) is 30.1. The lowest BCUT2D eigenvalue weighted by Crippen LogP contribution is -2.44. The van der Waals surface area contributed by atoms with E-state index < -0.39 is 21.8 Å². The Morgan fingerprint density at radius 1 is 1.16 bits per heavy atom. The summed E-state index contributed by atoms with van der Waals surface area (Å²) in [5.74, 6) is -0.488. The maximum atomic E-state index is 13.4. The van der Waals surface area contributed by atoms with Crippen LogP contribution in [-0.2, 0) is 31.6 Å². The molecular weight excluding hydrogens is 520 g/mol. The van der Waals surface area contributed by atoms with Crippen LogP contribution < -0.4 is 9.44 Å². The van der Waals surface area contributed by atoms with Crippen molar-refractivity contribution in [2.24, 2.45) is 5.92 Å². The number of benzene rings is 2. The molecule has 1 aliphatic rings. The van der Waals surface area contributed by atoms with Crippen molar-refractivity contribution in [2.45, 2.75) is 83.6 Å². The van der Waals surface area contributed by atoms with E-state index in [0.717, 1.165) is 22.4 Å². The molecule has 0 fully saturated rings. The highest BCUT2D eigenvalue weighted by molar-refractivity contribution is 8.04. The number of aliphatic hydroxyl groups excluding tert-OH is 1. The number of nitrogens with one attached hydrogen (secondary N) is 2. The molecule has 0 saturated carbocycles. The quantitative estimate of drug-likeness (QED) is 0.291. The molecule has 38 heavy (non-hydrogen) atoms. The van der Waals surface area contributed by atoms with E-state index in [1.807, 2.05) is 71.0 Å². The number of esters is 1. The molecule has 1 atom stereocenters. The van der Waals surface area contributed by atoms with Crippen LogP contribution in [0, 0.1) is 12.8 Å². The Morgan fingerprint density at radius 2 is 1.82 bits per heavy atom. The normalized spacial score (nSPS) is 18.6.